The fraction of sp³-hybridized carbons (Fsp3) is 0.100. The molecule has 82 valence electrons. The summed E-state index contributed by atoms with van der Waals surface area (Å²) in [6.45, 7) is 0. The molecule has 6 nitrogen and oxygen atoms in total. The third kappa shape index (κ3) is 1.50. The molecule has 2 aromatic rings. The number of carbonyl (C=O) groups excluding carboxylic acids is 1. The van der Waals surface area contributed by atoms with Crippen LogP contribution < -0.4 is 11.5 Å². The number of nitrogens with zero attached hydrogens (tertiary/aromatic N) is 2. The van der Waals surface area contributed by atoms with Crippen LogP contribution in [0, 0.1) is 0 Å². The van der Waals surface area contributed by atoms with Crippen LogP contribution in [0.1, 0.15) is 10.4 Å². The quantitative estimate of drug-likeness (QED) is 0.678. The van der Waals surface area contributed by atoms with Gasteiger partial charge in [0, 0.05) is 0 Å². The first-order chi connectivity index (χ1) is 7.63. The van der Waals surface area contributed by atoms with Gasteiger partial charge in [0.25, 0.3) is 0 Å². The van der Waals surface area contributed by atoms with Gasteiger partial charge >= 0.3 is 5.97 Å². The van der Waals surface area contributed by atoms with Crippen molar-refractivity contribution in [2.24, 2.45) is 0 Å². The van der Waals surface area contributed by atoms with Crippen LogP contribution in [-0.2, 0) is 4.74 Å². The van der Waals surface area contributed by atoms with Crippen LogP contribution in [0.3, 0.4) is 0 Å². The lowest BCUT2D eigenvalue weighted by molar-refractivity contribution is 0.0603. The maximum absolute atomic E-state index is 11.5. The highest BCUT2D eigenvalue weighted by Crippen LogP contribution is 2.23. The number of ether oxygens (including phenoxy) is 1. The highest BCUT2D eigenvalue weighted by molar-refractivity contribution is 6.07. The molecule has 6 heteroatoms. The fourth-order valence-electron chi connectivity index (χ4n) is 1.51. The van der Waals surface area contributed by atoms with E-state index in [2.05, 4.69) is 14.7 Å². The Kier molecular flexibility index (Phi) is 2.32. The Balaban J connectivity index is 2.81. The molecule has 0 bridgehead atoms. The van der Waals surface area contributed by atoms with E-state index in [4.69, 9.17) is 11.5 Å². The second-order valence-electron chi connectivity index (χ2n) is 3.16. The van der Waals surface area contributed by atoms with Crippen molar-refractivity contribution in [1.29, 1.82) is 0 Å². The summed E-state index contributed by atoms with van der Waals surface area (Å²) in [7, 11) is 1.30. The van der Waals surface area contributed by atoms with Gasteiger partial charge in [-0.25, -0.2) is 9.78 Å². The number of carbonyl (C=O) groups is 1. The lowest BCUT2D eigenvalue weighted by atomic mass is 10.1. The summed E-state index contributed by atoms with van der Waals surface area (Å²) in [6, 6.07) is 4.99. The van der Waals surface area contributed by atoms with Crippen LogP contribution in [-0.4, -0.2) is 23.0 Å². The predicted molar refractivity (Wildman–Crippen MR) is 59.7 cm³/mol. The van der Waals surface area contributed by atoms with Gasteiger partial charge in [-0.2, -0.15) is 4.98 Å². The first kappa shape index (κ1) is 10.2. The van der Waals surface area contributed by atoms with Crippen LogP contribution >= 0.6 is 0 Å². The number of hydrogen-bond donors (Lipinski definition) is 2. The van der Waals surface area contributed by atoms with Crippen LogP contribution in [0.15, 0.2) is 18.2 Å². The van der Waals surface area contributed by atoms with Gasteiger partial charge in [0.15, 0.2) is 0 Å². The topological polar surface area (TPSA) is 104 Å². The lowest BCUT2D eigenvalue weighted by Gasteiger charge is -2.06. The van der Waals surface area contributed by atoms with E-state index in [-0.39, 0.29) is 11.8 Å². The molecule has 4 N–H and O–H groups in total. The van der Waals surface area contributed by atoms with Crippen molar-refractivity contribution < 1.29 is 9.53 Å². The Labute approximate surface area is 91.2 Å². The van der Waals surface area contributed by atoms with Crippen molar-refractivity contribution in [3.63, 3.8) is 0 Å². The number of nitrogen functional groups attached to an aromatic ring is 2. The van der Waals surface area contributed by atoms with Crippen molar-refractivity contribution in [2.75, 3.05) is 18.6 Å². The third-order valence-electron chi connectivity index (χ3n) is 2.17. The largest absolute Gasteiger partial charge is 0.465 e. The van der Waals surface area contributed by atoms with Gasteiger partial charge in [-0.15, -0.1) is 0 Å². The van der Waals surface area contributed by atoms with Crippen LogP contribution in [0.25, 0.3) is 10.9 Å². The molecule has 1 aromatic heterocycles. The maximum atomic E-state index is 11.5. The van der Waals surface area contributed by atoms with E-state index in [9.17, 15) is 4.79 Å². The molecular formula is C10H10N4O2. The van der Waals surface area contributed by atoms with Crippen LogP contribution in [0.2, 0.25) is 0 Å². The smallest absolute Gasteiger partial charge is 0.338 e. The summed E-state index contributed by atoms with van der Waals surface area (Å²) in [5, 5.41) is 0.462. The average molecular weight is 218 g/mol. The van der Waals surface area contributed by atoms with E-state index in [1.165, 1.54) is 7.11 Å². The second-order valence-corrected chi connectivity index (χ2v) is 3.16. The van der Waals surface area contributed by atoms with Gasteiger partial charge in [0.05, 0.1) is 23.6 Å². The normalized spacial score (nSPS) is 10.3. The molecule has 0 aliphatic heterocycles. The number of anilines is 2. The van der Waals surface area contributed by atoms with E-state index in [1.807, 2.05) is 0 Å². The summed E-state index contributed by atoms with van der Waals surface area (Å²) < 4.78 is 4.65. The van der Waals surface area contributed by atoms with Gasteiger partial charge in [0.1, 0.15) is 5.82 Å². The maximum Gasteiger partial charge on any atom is 0.338 e. The molecule has 1 aromatic carbocycles. The highest BCUT2D eigenvalue weighted by Gasteiger charge is 2.14. The molecule has 0 unspecified atom stereocenters. The molecule has 2 rings (SSSR count). The average Bonchev–Trinajstić information content (AvgIpc) is 2.26. The summed E-state index contributed by atoms with van der Waals surface area (Å²) >= 11 is 0. The lowest BCUT2D eigenvalue weighted by Crippen LogP contribution is -2.07. The monoisotopic (exact) mass is 218 g/mol. The number of aromatic nitrogens is 2. The van der Waals surface area contributed by atoms with Gasteiger partial charge in [-0.3, -0.25) is 0 Å². The van der Waals surface area contributed by atoms with E-state index in [0.717, 1.165) is 0 Å². The Morgan fingerprint density at radius 1 is 1.31 bits per heavy atom. The summed E-state index contributed by atoms with van der Waals surface area (Å²) in [5.74, 6) is -0.235. The predicted octanol–water partition coefficient (Wildman–Crippen LogP) is 0.581. The minimum absolute atomic E-state index is 0.0759. The van der Waals surface area contributed by atoms with Crippen molar-refractivity contribution in [2.45, 2.75) is 0 Å². The van der Waals surface area contributed by atoms with Crippen molar-refractivity contribution >= 4 is 28.6 Å². The van der Waals surface area contributed by atoms with Crippen LogP contribution in [0.5, 0.6) is 0 Å². The number of esters is 1. The first-order valence-electron chi connectivity index (χ1n) is 4.53. The van der Waals surface area contributed by atoms with Crippen molar-refractivity contribution in [3.8, 4) is 0 Å². The third-order valence-corrected chi connectivity index (χ3v) is 2.17. The zero-order valence-corrected chi connectivity index (χ0v) is 8.60. The summed E-state index contributed by atoms with van der Waals surface area (Å²) in [6.07, 6.45) is 0. The Morgan fingerprint density at radius 2 is 2.06 bits per heavy atom. The Morgan fingerprint density at radius 3 is 2.75 bits per heavy atom. The molecule has 0 saturated heterocycles. The molecule has 16 heavy (non-hydrogen) atoms. The minimum Gasteiger partial charge on any atom is -0.465 e. The first-order valence-corrected chi connectivity index (χ1v) is 4.53. The standard InChI is InChI=1S/C10H10N4O2/c1-16-9(15)5-3-2-4-6-7(5)8(11)14-10(12)13-6/h2-4H,1H3,(H4,11,12,13,14). The molecule has 1 heterocycles. The van der Waals surface area contributed by atoms with E-state index in [1.54, 1.807) is 18.2 Å². The Bertz CT molecular complexity index is 568. The van der Waals surface area contributed by atoms with E-state index < -0.39 is 5.97 Å². The van der Waals surface area contributed by atoms with Crippen molar-refractivity contribution in [1.82, 2.24) is 9.97 Å². The number of methoxy groups -OCH3 is 1. The number of benzene rings is 1. The molecule has 0 saturated carbocycles. The van der Waals surface area contributed by atoms with E-state index >= 15 is 0 Å². The molecule has 0 spiro atoms. The Hall–Kier alpha value is -2.37. The van der Waals surface area contributed by atoms with Crippen molar-refractivity contribution in [3.05, 3.63) is 23.8 Å². The highest BCUT2D eigenvalue weighted by atomic mass is 16.5. The number of fused-ring (bicyclic) bond motifs is 1. The van der Waals surface area contributed by atoms with Gasteiger partial charge in [-0.05, 0) is 12.1 Å². The molecule has 0 atom stereocenters. The zero-order chi connectivity index (χ0) is 11.7. The molecule has 0 amide bonds. The molecular weight excluding hydrogens is 208 g/mol. The molecule has 0 aliphatic rings. The SMILES string of the molecule is COC(=O)c1cccc2nc(N)nc(N)c12. The van der Waals surface area contributed by atoms with Gasteiger partial charge in [-0.1, -0.05) is 6.07 Å². The summed E-state index contributed by atoms with van der Waals surface area (Å²) in [4.78, 5) is 19.3. The number of nitrogens with two attached hydrogens (primary N) is 2. The molecule has 0 aliphatic carbocycles. The van der Waals surface area contributed by atoms with Gasteiger partial charge < -0.3 is 16.2 Å². The van der Waals surface area contributed by atoms with E-state index in [0.29, 0.717) is 16.5 Å². The molecule has 0 fully saturated rings. The van der Waals surface area contributed by atoms with Gasteiger partial charge in [0.2, 0.25) is 5.95 Å². The molecule has 0 radical (unpaired) electrons. The number of rotatable bonds is 1. The second kappa shape index (κ2) is 3.65. The number of hydrogen-bond acceptors (Lipinski definition) is 6. The summed E-state index contributed by atoms with van der Waals surface area (Å²) in [5.41, 5.74) is 12.0. The minimum atomic E-state index is -0.481. The zero-order valence-electron chi connectivity index (χ0n) is 8.60. The van der Waals surface area contributed by atoms with Crippen LogP contribution in [0.4, 0.5) is 11.8 Å². The fourth-order valence-corrected chi connectivity index (χ4v) is 1.51.